The van der Waals surface area contributed by atoms with Crippen LogP contribution in [0.4, 0.5) is 0 Å². The van der Waals surface area contributed by atoms with Crippen molar-refractivity contribution in [1.29, 1.82) is 0 Å². The minimum Gasteiger partial charge on any atom is -0.493 e. The molecular formula is C19H24N2O3. The maximum Gasteiger partial charge on any atom is 0.255 e. The van der Waals surface area contributed by atoms with Gasteiger partial charge in [0.25, 0.3) is 5.91 Å². The van der Waals surface area contributed by atoms with Crippen molar-refractivity contribution in [2.24, 2.45) is 0 Å². The van der Waals surface area contributed by atoms with E-state index in [0.29, 0.717) is 24.5 Å². The summed E-state index contributed by atoms with van der Waals surface area (Å²) in [6.07, 6.45) is 4.07. The smallest absolute Gasteiger partial charge is 0.255 e. The van der Waals surface area contributed by atoms with Gasteiger partial charge in [-0.3, -0.25) is 9.69 Å². The summed E-state index contributed by atoms with van der Waals surface area (Å²) in [5.74, 6) is 1.40. The monoisotopic (exact) mass is 328 g/mol. The first-order chi connectivity index (χ1) is 11.8. The van der Waals surface area contributed by atoms with Crippen LogP contribution in [0.5, 0.6) is 5.75 Å². The molecule has 2 aromatic rings. The molecule has 1 aliphatic heterocycles. The van der Waals surface area contributed by atoms with Crippen molar-refractivity contribution in [2.45, 2.75) is 25.8 Å². The molecule has 1 atom stereocenters. The number of hydrogen-bond donors (Lipinski definition) is 1. The summed E-state index contributed by atoms with van der Waals surface area (Å²) in [5.41, 5.74) is 0.568. The standard InChI is InChI=1S/C19H24N2O3/c1-2-23-17-9-4-3-8-15(17)19(22)20-14-16(18-10-7-13-24-18)21-11-5-6-12-21/h3-4,7-10,13,16H,2,5-6,11-12,14H2,1H3,(H,20,22)/t16-/m1/s1. The SMILES string of the molecule is CCOc1ccccc1C(=O)NC[C@H](c1ccco1)N1CCCC1. The van der Waals surface area contributed by atoms with E-state index in [2.05, 4.69) is 10.2 Å². The molecule has 0 radical (unpaired) electrons. The molecule has 0 spiro atoms. The predicted molar refractivity (Wildman–Crippen MR) is 92.2 cm³/mol. The number of amides is 1. The predicted octanol–water partition coefficient (Wildman–Crippen LogP) is 3.25. The topological polar surface area (TPSA) is 54.7 Å². The molecule has 0 bridgehead atoms. The van der Waals surface area contributed by atoms with E-state index in [1.54, 1.807) is 12.3 Å². The van der Waals surface area contributed by atoms with Crippen LogP contribution >= 0.6 is 0 Å². The van der Waals surface area contributed by atoms with Crippen molar-refractivity contribution in [3.8, 4) is 5.75 Å². The molecule has 24 heavy (non-hydrogen) atoms. The maximum absolute atomic E-state index is 12.6. The summed E-state index contributed by atoms with van der Waals surface area (Å²) < 4.78 is 11.1. The van der Waals surface area contributed by atoms with E-state index < -0.39 is 0 Å². The molecule has 5 nitrogen and oxygen atoms in total. The van der Waals surface area contributed by atoms with Crippen molar-refractivity contribution >= 4 is 5.91 Å². The molecule has 1 amide bonds. The fraction of sp³-hybridized carbons (Fsp3) is 0.421. The lowest BCUT2D eigenvalue weighted by Gasteiger charge is -2.26. The Balaban J connectivity index is 1.69. The highest BCUT2D eigenvalue weighted by atomic mass is 16.5. The Labute approximate surface area is 142 Å². The van der Waals surface area contributed by atoms with Gasteiger partial charge in [-0.05, 0) is 57.1 Å². The lowest BCUT2D eigenvalue weighted by molar-refractivity contribution is 0.0930. The molecule has 128 valence electrons. The van der Waals surface area contributed by atoms with Crippen LogP contribution in [0.15, 0.2) is 47.1 Å². The summed E-state index contributed by atoms with van der Waals surface area (Å²) >= 11 is 0. The van der Waals surface area contributed by atoms with Crippen LogP contribution in [0.25, 0.3) is 0 Å². The minimum atomic E-state index is -0.116. The summed E-state index contributed by atoms with van der Waals surface area (Å²) in [6, 6.07) is 11.3. The van der Waals surface area contributed by atoms with Crippen LogP contribution < -0.4 is 10.1 Å². The molecule has 1 fully saturated rings. The number of benzene rings is 1. The summed E-state index contributed by atoms with van der Waals surface area (Å²) in [4.78, 5) is 15.0. The van der Waals surface area contributed by atoms with Gasteiger partial charge in [0.2, 0.25) is 0 Å². The number of rotatable bonds is 7. The molecule has 5 heteroatoms. The van der Waals surface area contributed by atoms with Gasteiger partial charge in [-0.2, -0.15) is 0 Å². The summed E-state index contributed by atoms with van der Waals surface area (Å²) in [7, 11) is 0. The van der Waals surface area contributed by atoms with E-state index in [0.717, 1.165) is 18.8 Å². The van der Waals surface area contributed by atoms with Gasteiger partial charge in [0.15, 0.2) is 0 Å². The summed E-state index contributed by atoms with van der Waals surface area (Å²) in [6.45, 7) is 5.04. The molecule has 1 N–H and O–H groups in total. The van der Waals surface area contributed by atoms with E-state index in [9.17, 15) is 4.79 Å². The van der Waals surface area contributed by atoms with Crippen molar-refractivity contribution in [1.82, 2.24) is 10.2 Å². The number of nitrogens with zero attached hydrogens (tertiary/aromatic N) is 1. The second-order valence-electron chi connectivity index (χ2n) is 5.91. The van der Waals surface area contributed by atoms with Crippen molar-refractivity contribution in [3.05, 3.63) is 54.0 Å². The van der Waals surface area contributed by atoms with E-state index in [-0.39, 0.29) is 11.9 Å². The normalized spacial score (nSPS) is 16.0. The van der Waals surface area contributed by atoms with Gasteiger partial charge in [0, 0.05) is 6.54 Å². The summed E-state index contributed by atoms with van der Waals surface area (Å²) in [5, 5.41) is 3.04. The van der Waals surface area contributed by atoms with Gasteiger partial charge in [0.05, 0.1) is 24.5 Å². The lowest BCUT2D eigenvalue weighted by Crippen LogP contribution is -2.36. The van der Waals surface area contributed by atoms with Crippen molar-refractivity contribution in [2.75, 3.05) is 26.2 Å². The Morgan fingerprint density at radius 2 is 2.04 bits per heavy atom. The Hall–Kier alpha value is -2.27. The van der Waals surface area contributed by atoms with Crippen molar-refractivity contribution < 1.29 is 13.9 Å². The number of ether oxygens (including phenoxy) is 1. The zero-order valence-electron chi connectivity index (χ0n) is 14.0. The fourth-order valence-corrected chi connectivity index (χ4v) is 3.16. The van der Waals surface area contributed by atoms with Crippen LogP contribution in [0, 0.1) is 0 Å². The Morgan fingerprint density at radius 1 is 1.25 bits per heavy atom. The number of hydrogen-bond acceptors (Lipinski definition) is 4. The van der Waals surface area contributed by atoms with Crippen LogP contribution in [-0.2, 0) is 0 Å². The second kappa shape index (κ2) is 8.02. The largest absolute Gasteiger partial charge is 0.493 e. The fourth-order valence-electron chi connectivity index (χ4n) is 3.16. The van der Waals surface area contributed by atoms with Crippen LogP contribution in [0.2, 0.25) is 0 Å². The molecule has 2 heterocycles. The van der Waals surface area contributed by atoms with E-state index in [1.165, 1.54) is 12.8 Å². The average Bonchev–Trinajstić information content (AvgIpc) is 3.30. The Bertz CT molecular complexity index is 648. The van der Waals surface area contributed by atoms with Gasteiger partial charge < -0.3 is 14.5 Å². The Kier molecular flexibility index (Phi) is 5.54. The van der Waals surface area contributed by atoms with E-state index >= 15 is 0 Å². The van der Waals surface area contributed by atoms with Crippen LogP contribution in [0.3, 0.4) is 0 Å². The first kappa shape index (κ1) is 16.6. The van der Waals surface area contributed by atoms with Gasteiger partial charge >= 0.3 is 0 Å². The molecule has 0 unspecified atom stereocenters. The second-order valence-corrected chi connectivity index (χ2v) is 5.91. The van der Waals surface area contributed by atoms with Crippen LogP contribution in [-0.4, -0.2) is 37.0 Å². The third-order valence-corrected chi connectivity index (χ3v) is 4.34. The van der Waals surface area contributed by atoms with Gasteiger partial charge in [0.1, 0.15) is 11.5 Å². The molecular weight excluding hydrogens is 304 g/mol. The molecule has 1 aromatic carbocycles. The number of carbonyl (C=O) groups is 1. The van der Waals surface area contributed by atoms with Gasteiger partial charge in [-0.25, -0.2) is 0 Å². The number of furan rings is 1. The zero-order valence-corrected chi connectivity index (χ0v) is 14.0. The number of carbonyl (C=O) groups excluding carboxylic acids is 1. The van der Waals surface area contributed by atoms with E-state index in [4.69, 9.17) is 9.15 Å². The molecule has 0 saturated carbocycles. The zero-order chi connectivity index (χ0) is 16.8. The quantitative estimate of drug-likeness (QED) is 0.848. The third-order valence-electron chi connectivity index (χ3n) is 4.34. The Morgan fingerprint density at radius 3 is 2.75 bits per heavy atom. The maximum atomic E-state index is 12.6. The van der Waals surface area contributed by atoms with E-state index in [1.807, 2.05) is 37.3 Å². The van der Waals surface area contributed by atoms with Crippen molar-refractivity contribution in [3.63, 3.8) is 0 Å². The first-order valence-electron chi connectivity index (χ1n) is 8.57. The molecule has 0 aliphatic carbocycles. The highest BCUT2D eigenvalue weighted by Crippen LogP contribution is 2.25. The highest BCUT2D eigenvalue weighted by Gasteiger charge is 2.26. The number of para-hydroxylation sites is 1. The highest BCUT2D eigenvalue weighted by molar-refractivity contribution is 5.96. The average molecular weight is 328 g/mol. The number of likely N-dealkylation sites (tertiary alicyclic amines) is 1. The van der Waals surface area contributed by atoms with Gasteiger partial charge in [-0.1, -0.05) is 12.1 Å². The van der Waals surface area contributed by atoms with Crippen LogP contribution in [0.1, 0.15) is 41.9 Å². The molecule has 3 rings (SSSR count). The minimum absolute atomic E-state index is 0.0747. The molecule has 1 aliphatic rings. The number of nitrogens with one attached hydrogen (secondary N) is 1. The third kappa shape index (κ3) is 3.79. The molecule has 1 saturated heterocycles. The molecule has 1 aromatic heterocycles. The van der Waals surface area contributed by atoms with Gasteiger partial charge in [-0.15, -0.1) is 0 Å². The lowest BCUT2D eigenvalue weighted by atomic mass is 10.1. The first-order valence-corrected chi connectivity index (χ1v) is 8.57.